The monoisotopic (exact) mass is 196 g/mol. The Labute approximate surface area is 86.3 Å². The second kappa shape index (κ2) is 4.03. The van der Waals surface area contributed by atoms with E-state index in [1.165, 1.54) is 12.8 Å². The fourth-order valence-electron chi connectivity index (χ4n) is 2.04. The highest BCUT2D eigenvalue weighted by molar-refractivity contribution is 4.91. The predicted octanol–water partition coefficient (Wildman–Crippen LogP) is 2.74. The number of ether oxygens (including phenoxy) is 2. The van der Waals surface area contributed by atoms with Crippen molar-refractivity contribution in [2.75, 3.05) is 13.2 Å². The summed E-state index contributed by atoms with van der Waals surface area (Å²) < 4.78 is 11.6. The van der Waals surface area contributed by atoms with Crippen molar-refractivity contribution < 1.29 is 9.47 Å². The Balaban J connectivity index is 1.85. The molecule has 2 heteroatoms. The summed E-state index contributed by atoms with van der Waals surface area (Å²) in [7, 11) is 0. The molecule has 0 spiro atoms. The van der Waals surface area contributed by atoms with Gasteiger partial charge in [0.2, 0.25) is 0 Å². The molecule has 1 fully saturated rings. The number of rotatable bonds is 1. The fraction of sp³-hybridized carbons (Fsp3) is 0.833. The molecule has 0 aromatic rings. The van der Waals surface area contributed by atoms with Crippen LogP contribution in [0.3, 0.4) is 0 Å². The van der Waals surface area contributed by atoms with Crippen LogP contribution >= 0.6 is 0 Å². The molecule has 1 heterocycles. The largest absolute Gasteiger partial charge is 0.352 e. The Morgan fingerprint density at radius 3 is 2.43 bits per heavy atom. The first-order valence-corrected chi connectivity index (χ1v) is 5.56. The Morgan fingerprint density at radius 1 is 1.14 bits per heavy atom. The topological polar surface area (TPSA) is 18.5 Å². The molecule has 0 N–H and O–H groups in total. The lowest BCUT2D eigenvalue weighted by Gasteiger charge is -2.38. The van der Waals surface area contributed by atoms with Gasteiger partial charge in [-0.1, -0.05) is 26.0 Å². The summed E-state index contributed by atoms with van der Waals surface area (Å²) in [5.41, 5.74) is 0.195. The minimum atomic E-state index is 0.0491. The quantitative estimate of drug-likeness (QED) is 0.600. The first kappa shape index (κ1) is 10.2. The van der Waals surface area contributed by atoms with Crippen LogP contribution in [0.1, 0.15) is 33.1 Å². The molecule has 2 rings (SSSR count). The van der Waals surface area contributed by atoms with Gasteiger partial charge in [0.25, 0.3) is 0 Å². The normalized spacial score (nSPS) is 33.1. The highest BCUT2D eigenvalue weighted by atomic mass is 16.7. The number of hydrogen-bond donors (Lipinski definition) is 0. The molecule has 0 aromatic carbocycles. The first-order valence-electron chi connectivity index (χ1n) is 5.56. The van der Waals surface area contributed by atoms with Crippen LogP contribution in [0.15, 0.2) is 12.2 Å². The summed E-state index contributed by atoms with van der Waals surface area (Å²) in [6.45, 7) is 6.03. The van der Waals surface area contributed by atoms with Crippen molar-refractivity contribution in [2.45, 2.75) is 39.4 Å². The molecule has 1 aliphatic heterocycles. The lowest BCUT2D eigenvalue weighted by Crippen LogP contribution is -2.41. The lowest BCUT2D eigenvalue weighted by molar-refractivity contribution is -0.243. The number of hydrogen-bond acceptors (Lipinski definition) is 2. The molecule has 1 atom stereocenters. The molecule has 0 bridgehead atoms. The third kappa shape index (κ3) is 2.37. The Hall–Kier alpha value is -0.340. The third-order valence-corrected chi connectivity index (χ3v) is 2.97. The van der Waals surface area contributed by atoms with Gasteiger partial charge in [-0.05, 0) is 19.3 Å². The maximum Gasteiger partial charge on any atom is 0.160 e. The number of allylic oxidation sites excluding steroid dienone is 2. The summed E-state index contributed by atoms with van der Waals surface area (Å²) in [5.74, 6) is 0.580. The molecule has 80 valence electrons. The predicted molar refractivity (Wildman–Crippen MR) is 56.0 cm³/mol. The van der Waals surface area contributed by atoms with Gasteiger partial charge in [0.05, 0.1) is 13.2 Å². The Morgan fingerprint density at radius 2 is 1.86 bits per heavy atom. The van der Waals surface area contributed by atoms with E-state index in [1.807, 2.05) is 0 Å². The summed E-state index contributed by atoms with van der Waals surface area (Å²) in [6, 6.07) is 0. The maximum atomic E-state index is 5.78. The minimum absolute atomic E-state index is 0.0491. The summed E-state index contributed by atoms with van der Waals surface area (Å²) in [5, 5.41) is 0. The van der Waals surface area contributed by atoms with Crippen LogP contribution in [0.25, 0.3) is 0 Å². The third-order valence-electron chi connectivity index (χ3n) is 2.97. The second-order valence-electron chi connectivity index (χ2n) is 5.20. The van der Waals surface area contributed by atoms with Crippen molar-refractivity contribution in [3.8, 4) is 0 Å². The van der Waals surface area contributed by atoms with Gasteiger partial charge in [-0.3, -0.25) is 0 Å². The van der Waals surface area contributed by atoms with Crippen molar-refractivity contribution in [1.29, 1.82) is 0 Å². The van der Waals surface area contributed by atoms with Gasteiger partial charge in [-0.2, -0.15) is 0 Å². The zero-order chi connectivity index (χ0) is 10.0. The van der Waals surface area contributed by atoms with E-state index in [0.717, 1.165) is 19.6 Å². The Bertz CT molecular complexity index is 210. The van der Waals surface area contributed by atoms with Gasteiger partial charge >= 0.3 is 0 Å². The zero-order valence-electron chi connectivity index (χ0n) is 9.16. The molecule has 1 saturated heterocycles. The van der Waals surface area contributed by atoms with Crippen molar-refractivity contribution in [1.82, 2.24) is 0 Å². The van der Waals surface area contributed by atoms with Crippen LogP contribution in [-0.2, 0) is 9.47 Å². The van der Waals surface area contributed by atoms with E-state index in [1.54, 1.807) is 0 Å². The average Bonchev–Trinajstić information content (AvgIpc) is 2.19. The minimum Gasteiger partial charge on any atom is -0.352 e. The van der Waals surface area contributed by atoms with Crippen LogP contribution in [0.4, 0.5) is 0 Å². The van der Waals surface area contributed by atoms with Crippen molar-refractivity contribution >= 4 is 0 Å². The lowest BCUT2D eigenvalue weighted by atomic mass is 9.91. The van der Waals surface area contributed by atoms with Crippen LogP contribution in [0.2, 0.25) is 0 Å². The van der Waals surface area contributed by atoms with E-state index < -0.39 is 0 Å². The van der Waals surface area contributed by atoms with Crippen LogP contribution in [-0.4, -0.2) is 19.5 Å². The van der Waals surface area contributed by atoms with E-state index in [9.17, 15) is 0 Å². The van der Waals surface area contributed by atoms with Crippen LogP contribution in [0, 0.1) is 11.3 Å². The standard InChI is InChI=1S/C12H20O2/c1-12(2)8-13-11(14-9-12)10-6-4-3-5-7-10/h3-4,10-11H,5-9H2,1-2H3/t10-/m0/s1. The smallest absolute Gasteiger partial charge is 0.160 e. The van der Waals surface area contributed by atoms with Gasteiger partial charge in [-0.25, -0.2) is 0 Å². The SMILES string of the molecule is CC1(C)COC([C@H]2CC=CCC2)OC1. The van der Waals surface area contributed by atoms with Gasteiger partial charge in [0, 0.05) is 11.3 Å². The van der Waals surface area contributed by atoms with E-state index in [0.29, 0.717) is 5.92 Å². The molecular weight excluding hydrogens is 176 g/mol. The van der Waals surface area contributed by atoms with Gasteiger partial charge < -0.3 is 9.47 Å². The summed E-state index contributed by atoms with van der Waals surface area (Å²) in [4.78, 5) is 0. The van der Waals surface area contributed by atoms with E-state index >= 15 is 0 Å². The van der Waals surface area contributed by atoms with E-state index in [2.05, 4.69) is 26.0 Å². The maximum absolute atomic E-state index is 5.78. The fourth-order valence-corrected chi connectivity index (χ4v) is 2.04. The van der Waals surface area contributed by atoms with Crippen molar-refractivity contribution in [3.05, 3.63) is 12.2 Å². The molecule has 0 radical (unpaired) electrons. The van der Waals surface area contributed by atoms with Crippen molar-refractivity contribution in [2.24, 2.45) is 11.3 Å². The molecule has 0 aromatic heterocycles. The average molecular weight is 196 g/mol. The van der Waals surface area contributed by atoms with Gasteiger partial charge in [-0.15, -0.1) is 0 Å². The van der Waals surface area contributed by atoms with Crippen molar-refractivity contribution in [3.63, 3.8) is 0 Å². The molecule has 2 nitrogen and oxygen atoms in total. The molecule has 0 unspecified atom stereocenters. The summed E-state index contributed by atoms with van der Waals surface area (Å²) >= 11 is 0. The summed E-state index contributed by atoms with van der Waals surface area (Å²) in [6.07, 6.45) is 8.06. The zero-order valence-corrected chi connectivity index (χ0v) is 9.16. The van der Waals surface area contributed by atoms with E-state index in [4.69, 9.17) is 9.47 Å². The first-order chi connectivity index (χ1) is 6.67. The molecule has 0 saturated carbocycles. The molecule has 2 aliphatic rings. The second-order valence-corrected chi connectivity index (χ2v) is 5.20. The molecule has 1 aliphatic carbocycles. The van der Waals surface area contributed by atoms with E-state index in [-0.39, 0.29) is 11.7 Å². The van der Waals surface area contributed by atoms with Gasteiger partial charge in [0.1, 0.15) is 0 Å². The Kier molecular flexibility index (Phi) is 2.93. The van der Waals surface area contributed by atoms with Gasteiger partial charge in [0.15, 0.2) is 6.29 Å². The molecular formula is C12H20O2. The molecule has 14 heavy (non-hydrogen) atoms. The van der Waals surface area contributed by atoms with Crippen LogP contribution < -0.4 is 0 Å². The highest BCUT2D eigenvalue weighted by Gasteiger charge is 2.32. The highest BCUT2D eigenvalue weighted by Crippen LogP contribution is 2.31. The van der Waals surface area contributed by atoms with Crippen LogP contribution in [0.5, 0.6) is 0 Å². The molecule has 0 amide bonds.